The van der Waals surface area contributed by atoms with Crippen LogP contribution in [0.2, 0.25) is 0 Å². The lowest BCUT2D eigenvalue weighted by atomic mass is 9.93. The predicted octanol–water partition coefficient (Wildman–Crippen LogP) is 2.41. The van der Waals surface area contributed by atoms with Gasteiger partial charge in [0.1, 0.15) is 0 Å². The zero-order valence-electron chi connectivity index (χ0n) is 22.1. The van der Waals surface area contributed by atoms with Crippen molar-refractivity contribution in [1.29, 1.82) is 0 Å². The van der Waals surface area contributed by atoms with E-state index in [0.29, 0.717) is 67.6 Å². The number of carbonyl (C=O) groups excluding carboxylic acids is 3. The Kier molecular flexibility index (Phi) is 9.19. The van der Waals surface area contributed by atoms with Gasteiger partial charge in [0.05, 0.1) is 32.4 Å². The number of hydrogen-bond acceptors (Lipinski definition) is 7. The molecule has 1 fully saturated rings. The van der Waals surface area contributed by atoms with Gasteiger partial charge in [0, 0.05) is 56.4 Å². The molecule has 0 bridgehead atoms. The van der Waals surface area contributed by atoms with Crippen LogP contribution in [0.3, 0.4) is 0 Å². The third-order valence-corrected chi connectivity index (χ3v) is 6.55. The predicted molar refractivity (Wildman–Crippen MR) is 135 cm³/mol. The maximum absolute atomic E-state index is 13.4. The first-order valence-corrected chi connectivity index (χ1v) is 12.5. The van der Waals surface area contributed by atoms with Crippen molar-refractivity contribution in [2.45, 2.75) is 33.7 Å². The number of piperazine rings is 1. The Bertz CT molecular complexity index is 1000. The summed E-state index contributed by atoms with van der Waals surface area (Å²) >= 11 is 0. The molecular formula is C26H38N4O6. The molecule has 0 radical (unpaired) electrons. The third kappa shape index (κ3) is 5.59. The first kappa shape index (κ1) is 27.3. The molecule has 1 N–H and O–H groups in total. The van der Waals surface area contributed by atoms with Crippen LogP contribution in [0.1, 0.15) is 39.3 Å². The molecular weight excluding hydrogens is 464 g/mol. The van der Waals surface area contributed by atoms with E-state index in [0.717, 1.165) is 0 Å². The number of ether oxygens (including phenoxy) is 3. The summed E-state index contributed by atoms with van der Waals surface area (Å²) in [4.78, 5) is 44.7. The van der Waals surface area contributed by atoms with Crippen molar-refractivity contribution >= 4 is 17.9 Å². The fraction of sp³-hybridized carbons (Fsp3) is 0.577. The number of rotatable bonds is 9. The highest BCUT2D eigenvalue weighted by atomic mass is 16.5. The van der Waals surface area contributed by atoms with Crippen LogP contribution < -0.4 is 14.8 Å². The topological polar surface area (TPSA) is 101 Å². The van der Waals surface area contributed by atoms with Gasteiger partial charge in [-0.15, -0.1) is 0 Å². The Morgan fingerprint density at radius 3 is 2.33 bits per heavy atom. The van der Waals surface area contributed by atoms with Crippen LogP contribution in [-0.4, -0.2) is 92.7 Å². The van der Waals surface area contributed by atoms with Gasteiger partial charge in [0.15, 0.2) is 11.5 Å². The lowest BCUT2D eigenvalue weighted by molar-refractivity contribution is -0.139. The molecule has 1 aromatic carbocycles. The van der Waals surface area contributed by atoms with Crippen molar-refractivity contribution in [3.05, 3.63) is 35.0 Å². The second-order valence-electron chi connectivity index (χ2n) is 9.05. The molecule has 3 amide bonds. The number of hydrogen-bond donors (Lipinski definition) is 1. The number of methoxy groups -OCH3 is 2. The van der Waals surface area contributed by atoms with Gasteiger partial charge in [-0.2, -0.15) is 0 Å². The number of likely N-dealkylation sites (N-methyl/N-ethyl adjacent to an activating group) is 1. The normalized spacial score (nSPS) is 18.9. The van der Waals surface area contributed by atoms with Crippen molar-refractivity contribution in [3.63, 3.8) is 0 Å². The van der Waals surface area contributed by atoms with Gasteiger partial charge in [-0.3, -0.25) is 14.6 Å². The maximum atomic E-state index is 13.4. The molecule has 1 aromatic rings. The van der Waals surface area contributed by atoms with Gasteiger partial charge < -0.3 is 24.4 Å². The van der Waals surface area contributed by atoms with E-state index in [1.54, 1.807) is 30.0 Å². The molecule has 10 nitrogen and oxygen atoms in total. The number of esters is 1. The Morgan fingerprint density at radius 1 is 1.08 bits per heavy atom. The molecule has 2 aliphatic rings. The van der Waals surface area contributed by atoms with E-state index in [4.69, 9.17) is 14.2 Å². The van der Waals surface area contributed by atoms with E-state index in [1.807, 2.05) is 25.7 Å². The number of benzene rings is 1. The highest BCUT2D eigenvalue weighted by Gasteiger charge is 2.40. The highest BCUT2D eigenvalue weighted by Crippen LogP contribution is 2.40. The Balaban J connectivity index is 2.03. The lowest BCUT2D eigenvalue weighted by Gasteiger charge is -2.40. The first-order chi connectivity index (χ1) is 17.3. The Labute approximate surface area is 213 Å². The van der Waals surface area contributed by atoms with Crippen LogP contribution >= 0.6 is 0 Å². The van der Waals surface area contributed by atoms with Crippen LogP contribution in [0.15, 0.2) is 29.5 Å². The van der Waals surface area contributed by atoms with Crippen molar-refractivity contribution in [1.82, 2.24) is 20.0 Å². The summed E-state index contributed by atoms with van der Waals surface area (Å²) < 4.78 is 16.5. The summed E-state index contributed by atoms with van der Waals surface area (Å²) in [5, 5.41) is 2.97. The summed E-state index contributed by atoms with van der Waals surface area (Å²) in [5.41, 5.74) is 1.57. The van der Waals surface area contributed by atoms with E-state index >= 15 is 0 Å². The van der Waals surface area contributed by atoms with E-state index < -0.39 is 12.0 Å². The molecule has 0 spiro atoms. The fourth-order valence-electron chi connectivity index (χ4n) is 4.73. The summed E-state index contributed by atoms with van der Waals surface area (Å²) in [6.07, 6.45) is 0. The summed E-state index contributed by atoms with van der Waals surface area (Å²) in [6, 6.07) is 4.29. The van der Waals surface area contributed by atoms with E-state index in [-0.39, 0.29) is 24.5 Å². The number of carbonyl (C=O) groups is 3. The van der Waals surface area contributed by atoms with Crippen LogP contribution in [0.4, 0.5) is 4.79 Å². The lowest BCUT2D eigenvalue weighted by Crippen LogP contribution is -2.54. The maximum Gasteiger partial charge on any atom is 0.338 e. The molecule has 0 saturated carbocycles. The van der Waals surface area contributed by atoms with Crippen molar-refractivity contribution in [2.24, 2.45) is 5.92 Å². The van der Waals surface area contributed by atoms with Crippen LogP contribution in [-0.2, 0) is 14.3 Å². The molecule has 2 heterocycles. The number of para-hydroxylation sites is 1. The van der Waals surface area contributed by atoms with E-state index in [9.17, 15) is 14.4 Å². The van der Waals surface area contributed by atoms with Gasteiger partial charge in [-0.05, 0) is 19.9 Å². The molecule has 1 unspecified atom stereocenters. The average Bonchev–Trinajstić information content (AvgIpc) is 2.87. The summed E-state index contributed by atoms with van der Waals surface area (Å²) in [5.74, 6) is 0.536. The number of urea groups is 1. The van der Waals surface area contributed by atoms with Crippen molar-refractivity contribution in [3.8, 4) is 11.5 Å². The van der Waals surface area contributed by atoms with Crippen LogP contribution in [0.25, 0.3) is 0 Å². The quantitative estimate of drug-likeness (QED) is 0.518. The van der Waals surface area contributed by atoms with E-state index in [2.05, 4.69) is 10.2 Å². The van der Waals surface area contributed by atoms with Gasteiger partial charge in [0.2, 0.25) is 5.91 Å². The number of nitrogens with one attached hydrogen (secondary N) is 1. The molecule has 0 aliphatic carbocycles. The molecule has 198 valence electrons. The molecule has 1 saturated heterocycles. The largest absolute Gasteiger partial charge is 0.493 e. The number of amides is 3. The minimum atomic E-state index is -0.775. The van der Waals surface area contributed by atoms with Crippen LogP contribution in [0, 0.1) is 5.92 Å². The van der Waals surface area contributed by atoms with Gasteiger partial charge >= 0.3 is 12.0 Å². The zero-order chi connectivity index (χ0) is 26.4. The molecule has 0 aromatic heterocycles. The fourth-order valence-corrected chi connectivity index (χ4v) is 4.73. The second kappa shape index (κ2) is 12.1. The summed E-state index contributed by atoms with van der Waals surface area (Å²) in [6.45, 7) is 10.9. The summed E-state index contributed by atoms with van der Waals surface area (Å²) in [7, 11) is 3.06. The molecule has 10 heteroatoms. The molecule has 36 heavy (non-hydrogen) atoms. The van der Waals surface area contributed by atoms with E-state index in [1.165, 1.54) is 14.2 Å². The smallest absolute Gasteiger partial charge is 0.338 e. The second-order valence-corrected chi connectivity index (χ2v) is 9.05. The third-order valence-electron chi connectivity index (χ3n) is 6.55. The van der Waals surface area contributed by atoms with Crippen LogP contribution in [0.5, 0.6) is 11.5 Å². The molecule has 1 atom stereocenters. The Hall–Kier alpha value is -3.27. The zero-order valence-corrected chi connectivity index (χ0v) is 22.1. The monoisotopic (exact) mass is 502 g/mol. The first-order valence-electron chi connectivity index (χ1n) is 12.5. The molecule has 2 aliphatic heterocycles. The van der Waals surface area contributed by atoms with Crippen molar-refractivity contribution in [2.75, 3.05) is 60.1 Å². The molecule has 3 rings (SSSR count). The highest BCUT2D eigenvalue weighted by molar-refractivity contribution is 5.95. The number of nitrogens with zero attached hydrogens (tertiary/aromatic N) is 3. The van der Waals surface area contributed by atoms with Gasteiger partial charge in [0.25, 0.3) is 0 Å². The van der Waals surface area contributed by atoms with Gasteiger partial charge in [-0.25, -0.2) is 9.59 Å². The van der Waals surface area contributed by atoms with Gasteiger partial charge in [-0.1, -0.05) is 26.0 Å². The standard InChI is InChI=1S/C26H38N4O6/c1-7-30-19(16-28-12-14-29(15-13-28)24(31)17(3)4)21(25(32)36-8-2)22(27-26(30)33)18-10-9-11-20(34-5)23(18)35-6/h9-11,17,22H,7-8,12-16H2,1-6H3,(H,27,33). The average molecular weight is 503 g/mol. The van der Waals surface area contributed by atoms with Crippen molar-refractivity contribution < 1.29 is 28.6 Å². The SMILES string of the molecule is CCOC(=O)C1=C(CN2CCN(C(=O)C(C)C)CC2)N(CC)C(=O)NC1c1cccc(OC)c1OC. The minimum absolute atomic E-state index is 0.0501. The Morgan fingerprint density at radius 2 is 1.78 bits per heavy atom. The minimum Gasteiger partial charge on any atom is -0.493 e.